The van der Waals surface area contributed by atoms with Gasteiger partial charge in [-0.2, -0.15) is 4.31 Å². The predicted octanol–water partition coefficient (Wildman–Crippen LogP) is 0.630. The second-order valence-corrected chi connectivity index (χ2v) is 6.72. The lowest BCUT2D eigenvalue weighted by Crippen LogP contribution is -2.46. The van der Waals surface area contributed by atoms with E-state index in [1.165, 1.54) is 6.07 Å². The number of halogens is 1. The monoisotopic (exact) mass is 336 g/mol. The number of hydrogen-bond donors (Lipinski definition) is 1. The van der Waals surface area contributed by atoms with Gasteiger partial charge in [0.15, 0.2) is 0 Å². The van der Waals surface area contributed by atoms with E-state index < -0.39 is 21.1 Å². The fourth-order valence-electron chi connectivity index (χ4n) is 1.96. The number of sulfonamides is 1. The molecule has 0 spiro atoms. The summed E-state index contributed by atoms with van der Waals surface area (Å²) in [7, 11) is -3.99. The largest absolute Gasteiger partial charge is 0.394 e. The van der Waals surface area contributed by atoms with Crippen molar-refractivity contribution in [1.29, 1.82) is 0 Å². The summed E-state index contributed by atoms with van der Waals surface area (Å²) in [5.74, 6) is 0. The summed E-state index contributed by atoms with van der Waals surface area (Å²) in [5.41, 5.74) is -0.357. The molecule has 1 atom stereocenters. The molecule has 0 aromatic heterocycles. The van der Waals surface area contributed by atoms with Crippen LogP contribution in [0, 0.1) is 10.1 Å². The van der Waals surface area contributed by atoms with Crippen LogP contribution in [0.4, 0.5) is 5.69 Å². The van der Waals surface area contributed by atoms with Crippen molar-refractivity contribution in [1.82, 2.24) is 4.31 Å². The molecular formula is C11H13ClN2O6S. The van der Waals surface area contributed by atoms with Crippen LogP contribution in [0.1, 0.15) is 0 Å². The SMILES string of the molecule is O=[N+]([O-])c1ccc(Cl)c(S(=O)(=O)N2CCOC(CO)C2)c1. The molecule has 21 heavy (non-hydrogen) atoms. The molecule has 1 heterocycles. The second kappa shape index (κ2) is 6.24. The average Bonchev–Trinajstić information content (AvgIpc) is 2.47. The number of nitro benzene ring substituents is 1. The maximum absolute atomic E-state index is 12.5. The van der Waals surface area contributed by atoms with Gasteiger partial charge in [-0.15, -0.1) is 0 Å². The quantitative estimate of drug-likeness (QED) is 0.638. The molecule has 1 aromatic rings. The second-order valence-electron chi connectivity index (χ2n) is 4.41. The van der Waals surface area contributed by atoms with Gasteiger partial charge in [0.1, 0.15) is 4.90 Å². The lowest BCUT2D eigenvalue weighted by atomic mass is 10.3. The fourth-order valence-corrected chi connectivity index (χ4v) is 3.91. The number of nitro groups is 1. The Balaban J connectivity index is 2.39. The van der Waals surface area contributed by atoms with Gasteiger partial charge in [0, 0.05) is 25.2 Å². The van der Waals surface area contributed by atoms with Crippen molar-refractivity contribution in [3.05, 3.63) is 33.3 Å². The number of aliphatic hydroxyl groups is 1. The molecule has 1 aliphatic heterocycles. The molecule has 1 N–H and O–H groups in total. The highest BCUT2D eigenvalue weighted by atomic mass is 35.5. The minimum Gasteiger partial charge on any atom is -0.394 e. The molecule has 2 rings (SSSR count). The minimum absolute atomic E-state index is 0.0299. The number of aliphatic hydroxyl groups excluding tert-OH is 1. The highest BCUT2D eigenvalue weighted by Crippen LogP contribution is 2.29. The first-order chi connectivity index (χ1) is 9.86. The van der Waals surface area contributed by atoms with Crippen molar-refractivity contribution < 1.29 is 23.2 Å². The Hall–Kier alpha value is -1.26. The summed E-state index contributed by atoms with van der Waals surface area (Å²) in [5, 5.41) is 19.7. The number of ether oxygens (including phenoxy) is 1. The minimum atomic E-state index is -3.99. The fraction of sp³-hybridized carbons (Fsp3) is 0.455. The number of benzene rings is 1. The first kappa shape index (κ1) is 16.1. The summed E-state index contributed by atoms with van der Waals surface area (Å²) in [6.07, 6.45) is -0.619. The van der Waals surface area contributed by atoms with Gasteiger partial charge in [0.2, 0.25) is 10.0 Å². The zero-order valence-corrected chi connectivity index (χ0v) is 12.4. The molecule has 10 heteroatoms. The molecule has 0 bridgehead atoms. The molecule has 0 radical (unpaired) electrons. The lowest BCUT2D eigenvalue weighted by Gasteiger charge is -2.31. The Kier molecular flexibility index (Phi) is 4.79. The molecule has 1 unspecified atom stereocenters. The van der Waals surface area contributed by atoms with Gasteiger partial charge >= 0.3 is 0 Å². The zero-order chi connectivity index (χ0) is 15.6. The van der Waals surface area contributed by atoms with Crippen molar-refractivity contribution >= 4 is 27.3 Å². The van der Waals surface area contributed by atoms with E-state index in [1.54, 1.807) is 0 Å². The van der Waals surface area contributed by atoms with Crippen LogP contribution >= 0.6 is 11.6 Å². The Morgan fingerprint density at radius 1 is 1.52 bits per heavy atom. The van der Waals surface area contributed by atoms with Crippen molar-refractivity contribution in [3.8, 4) is 0 Å². The van der Waals surface area contributed by atoms with E-state index in [-0.39, 0.29) is 41.9 Å². The average molecular weight is 337 g/mol. The molecule has 116 valence electrons. The van der Waals surface area contributed by atoms with Crippen LogP contribution < -0.4 is 0 Å². The van der Waals surface area contributed by atoms with Gasteiger partial charge in [-0.25, -0.2) is 8.42 Å². The van der Waals surface area contributed by atoms with Gasteiger partial charge < -0.3 is 9.84 Å². The standard InChI is InChI=1S/C11H13ClN2O6S/c12-10-2-1-8(14(16)17)5-11(10)21(18,19)13-3-4-20-9(6-13)7-15/h1-2,5,9,15H,3-4,6-7H2. The Morgan fingerprint density at radius 3 is 2.86 bits per heavy atom. The smallest absolute Gasteiger partial charge is 0.270 e. The third kappa shape index (κ3) is 3.33. The molecule has 8 nitrogen and oxygen atoms in total. The Morgan fingerprint density at radius 2 is 2.24 bits per heavy atom. The van der Waals surface area contributed by atoms with Crippen molar-refractivity contribution in [2.45, 2.75) is 11.0 Å². The van der Waals surface area contributed by atoms with Gasteiger partial charge in [-0.3, -0.25) is 10.1 Å². The molecule has 0 aliphatic carbocycles. The highest BCUT2D eigenvalue weighted by Gasteiger charge is 2.32. The third-order valence-corrected chi connectivity index (χ3v) is 5.40. The van der Waals surface area contributed by atoms with Crippen molar-refractivity contribution in [3.63, 3.8) is 0 Å². The lowest BCUT2D eigenvalue weighted by molar-refractivity contribution is -0.385. The molecule has 1 fully saturated rings. The number of nitrogens with zero attached hydrogens (tertiary/aromatic N) is 2. The summed E-state index contributed by atoms with van der Waals surface area (Å²) in [6, 6.07) is 3.24. The molecule has 1 saturated heterocycles. The summed E-state index contributed by atoms with van der Waals surface area (Å²) < 4.78 is 31.3. The van der Waals surface area contributed by atoms with E-state index in [2.05, 4.69) is 0 Å². The number of hydrogen-bond acceptors (Lipinski definition) is 6. The van der Waals surface area contributed by atoms with Crippen LogP contribution in [0.5, 0.6) is 0 Å². The van der Waals surface area contributed by atoms with E-state index in [9.17, 15) is 18.5 Å². The summed E-state index contributed by atoms with van der Waals surface area (Å²) in [6.45, 7) is -0.110. The van der Waals surface area contributed by atoms with E-state index >= 15 is 0 Å². The topological polar surface area (TPSA) is 110 Å². The third-order valence-electron chi connectivity index (χ3n) is 3.05. The van der Waals surface area contributed by atoms with Crippen LogP contribution in [-0.4, -0.2) is 55.2 Å². The Bertz CT molecular complexity index is 650. The van der Waals surface area contributed by atoms with Gasteiger partial charge in [0.25, 0.3) is 5.69 Å². The van der Waals surface area contributed by atoms with Crippen LogP contribution in [0.15, 0.2) is 23.1 Å². The van der Waals surface area contributed by atoms with E-state index in [0.29, 0.717) is 0 Å². The Labute approximate surface area is 126 Å². The predicted molar refractivity (Wildman–Crippen MR) is 73.7 cm³/mol. The maximum Gasteiger partial charge on any atom is 0.270 e. The summed E-state index contributed by atoms with van der Waals surface area (Å²) >= 11 is 5.87. The molecule has 0 saturated carbocycles. The van der Waals surface area contributed by atoms with Crippen molar-refractivity contribution in [2.75, 3.05) is 26.3 Å². The van der Waals surface area contributed by atoms with Crippen molar-refractivity contribution in [2.24, 2.45) is 0 Å². The molecule has 1 aliphatic rings. The molecule has 1 aromatic carbocycles. The normalized spacial score (nSPS) is 20.4. The zero-order valence-electron chi connectivity index (χ0n) is 10.8. The number of rotatable bonds is 4. The number of morpholine rings is 1. The molecular weight excluding hydrogens is 324 g/mol. The van der Waals surface area contributed by atoms with E-state index in [1.807, 2.05) is 0 Å². The number of non-ortho nitro benzene ring substituents is 1. The van der Waals surface area contributed by atoms with Crippen LogP contribution in [-0.2, 0) is 14.8 Å². The van der Waals surface area contributed by atoms with Gasteiger partial charge in [-0.05, 0) is 6.07 Å². The van der Waals surface area contributed by atoms with E-state index in [0.717, 1.165) is 16.4 Å². The maximum atomic E-state index is 12.5. The van der Waals surface area contributed by atoms with Crippen LogP contribution in [0.25, 0.3) is 0 Å². The van der Waals surface area contributed by atoms with Crippen LogP contribution in [0.3, 0.4) is 0 Å². The molecule has 0 amide bonds. The van der Waals surface area contributed by atoms with E-state index in [4.69, 9.17) is 21.4 Å². The van der Waals surface area contributed by atoms with Gasteiger partial charge in [0.05, 0.1) is 29.3 Å². The van der Waals surface area contributed by atoms with Crippen LogP contribution in [0.2, 0.25) is 5.02 Å². The highest BCUT2D eigenvalue weighted by molar-refractivity contribution is 7.89. The van der Waals surface area contributed by atoms with Gasteiger partial charge in [-0.1, -0.05) is 11.6 Å². The first-order valence-electron chi connectivity index (χ1n) is 6.03. The first-order valence-corrected chi connectivity index (χ1v) is 7.84. The summed E-state index contributed by atoms with van der Waals surface area (Å²) in [4.78, 5) is 9.76.